The summed E-state index contributed by atoms with van der Waals surface area (Å²) >= 11 is 5.94. The predicted octanol–water partition coefficient (Wildman–Crippen LogP) is 3.23. The topological polar surface area (TPSA) is 25.8 Å². The zero-order valence-electron chi connectivity index (χ0n) is 9.04. The molecule has 0 aliphatic rings. The van der Waals surface area contributed by atoms with Crippen molar-refractivity contribution >= 4 is 11.6 Å². The van der Waals surface area contributed by atoms with E-state index in [9.17, 15) is 4.39 Å². The van der Waals surface area contributed by atoms with Crippen LogP contribution in [0.1, 0.15) is 11.4 Å². The van der Waals surface area contributed by atoms with Crippen molar-refractivity contribution in [1.29, 1.82) is 0 Å². The number of terminal acetylenes is 1. The molecule has 2 aromatic rings. The molecule has 0 aliphatic heterocycles. The maximum atomic E-state index is 12.9. The summed E-state index contributed by atoms with van der Waals surface area (Å²) in [5.74, 6) is 2.05. The van der Waals surface area contributed by atoms with Gasteiger partial charge in [0, 0.05) is 5.56 Å². The first-order valence-corrected chi connectivity index (χ1v) is 5.25. The van der Waals surface area contributed by atoms with Crippen LogP contribution in [0.4, 0.5) is 4.39 Å². The molecule has 2 rings (SSSR count). The second-order valence-corrected chi connectivity index (χ2v) is 3.86. The van der Waals surface area contributed by atoms with Gasteiger partial charge in [-0.15, -0.1) is 6.42 Å². The molecule has 0 unspecified atom stereocenters. The van der Waals surface area contributed by atoms with Crippen LogP contribution in [0.3, 0.4) is 0 Å². The summed E-state index contributed by atoms with van der Waals surface area (Å²) in [7, 11) is 0. The Morgan fingerprint density at radius 1 is 1.41 bits per heavy atom. The first kappa shape index (κ1) is 11.6. The lowest BCUT2D eigenvalue weighted by atomic mass is 10.1. The highest BCUT2D eigenvalue weighted by Crippen LogP contribution is 2.26. The van der Waals surface area contributed by atoms with E-state index < -0.39 is 0 Å². The van der Waals surface area contributed by atoms with Crippen LogP contribution >= 0.6 is 11.6 Å². The molecule has 0 bridgehead atoms. The molecule has 0 N–H and O–H groups in total. The Morgan fingerprint density at radius 2 is 2.18 bits per heavy atom. The van der Waals surface area contributed by atoms with Gasteiger partial charge in [-0.2, -0.15) is 0 Å². The van der Waals surface area contributed by atoms with Crippen LogP contribution in [0, 0.1) is 25.1 Å². The minimum Gasteiger partial charge on any atom is -0.248 e. The molecule has 0 amide bonds. The lowest BCUT2D eigenvalue weighted by Gasteiger charge is -2.05. The lowest BCUT2D eigenvalue weighted by molar-refractivity contribution is 0.628. The van der Waals surface area contributed by atoms with Crippen molar-refractivity contribution in [3.63, 3.8) is 0 Å². The van der Waals surface area contributed by atoms with Crippen molar-refractivity contribution in [2.75, 3.05) is 0 Å². The van der Waals surface area contributed by atoms with Gasteiger partial charge in [-0.05, 0) is 31.0 Å². The molecule has 0 aliphatic carbocycles. The van der Waals surface area contributed by atoms with E-state index in [1.165, 1.54) is 18.3 Å². The van der Waals surface area contributed by atoms with Gasteiger partial charge >= 0.3 is 0 Å². The molecule has 0 radical (unpaired) electrons. The van der Waals surface area contributed by atoms with Gasteiger partial charge in [0.25, 0.3) is 0 Å². The third kappa shape index (κ3) is 2.27. The van der Waals surface area contributed by atoms with E-state index in [1.54, 1.807) is 13.0 Å². The zero-order valence-corrected chi connectivity index (χ0v) is 9.79. The van der Waals surface area contributed by atoms with Gasteiger partial charge in [0.1, 0.15) is 11.5 Å². The molecule has 0 saturated heterocycles. The monoisotopic (exact) mass is 246 g/mol. The van der Waals surface area contributed by atoms with Crippen LogP contribution in [0.2, 0.25) is 5.02 Å². The quantitative estimate of drug-likeness (QED) is 0.722. The molecule has 4 heteroatoms. The first-order valence-electron chi connectivity index (χ1n) is 4.87. The molecule has 0 spiro atoms. The summed E-state index contributed by atoms with van der Waals surface area (Å²) in [6, 6.07) is 4.13. The number of hydrogen-bond acceptors (Lipinski definition) is 2. The highest BCUT2D eigenvalue weighted by Gasteiger charge is 2.08. The van der Waals surface area contributed by atoms with E-state index in [0.29, 0.717) is 27.7 Å². The van der Waals surface area contributed by atoms with Gasteiger partial charge < -0.3 is 0 Å². The molecule has 17 heavy (non-hydrogen) atoms. The Kier molecular flexibility index (Phi) is 3.08. The van der Waals surface area contributed by atoms with E-state index in [0.717, 1.165) is 0 Å². The largest absolute Gasteiger partial charge is 0.248 e. The van der Waals surface area contributed by atoms with E-state index in [2.05, 4.69) is 15.9 Å². The van der Waals surface area contributed by atoms with Crippen LogP contribution < -0.4 is 0 Å². The molecule has 1 aromatic heterocycles. The predicted molar refractivity (Wildman–Crippen MR) is 65.1 cm³/mol. The molecular formula is C13H8ClFN2. The number of benzene rings is 1. The van der Waals surface area contributed by atoms with Gasteiger partial charge in [-0.3, -0.25) is 0 Å². The number of rotatable bonds is 1. The Labute approximate surface area is 103 Å². The smallest absolute Gasteiger partial charge is 0.134 e. The van der Waals surface area contributed by atoms with Crippen molar-refractivity contribution < 1.29 is 4.39 Å². The number of aromatic nitrogens is 2. The van der Waals surface area contributed by atoms with Crippen LogP contribution in [-0.4, -0.2) is 9.97 Å². The highest BCUT2D eigenvalue weighted by molar-refractivity contribution is 6.33. The molecule has 2 nitrogen and oxygen atoms in total. The third-order valence-corrected chi connectivity index (χ3v) is 2.60. The maximum absolute atomic E-state index is 12.9. The van der Waals surface area contributed by atoms with Crippen molar-refractivity contribution in [3.8, 4) is 23.6 Å². The van der Waals surface area contributed by atoms with Crippen LogP contribution in [0.25, 0.3) is 11.3 Å². The second-order valence-electron chi connectivity index (χ2n) is 3.46. The number of hydrogen-bond donors (Lipinski definition) is 0. The third-order valence-electron chi connectivity index (χ3n) is 2.29. The standard InChI is InChI=1S/C13H8ClFN2/c1-3-12-8(2)17-13(7-16-12)10-5-4-9(15)6-11(10)14/h1,4-7H,2H3. The molecular weight excluding hydrogens is 239 g/mol. The minimum atomic E-state index is -0.385. The fraction of sp³-hybridized carbons (Fsp3) is 0.0769. The van der Waals surface area contributed by atoms with Gasteiger partial charge in [0.05, 0.1) is 22.6 Å². The van der Waals surface area contributed by atoms with Crippen molar-refractivity contribution in [2.45, 2.75) is 6.92 Å². The normalized spacial score (nSPS) is 10.0. The van der Waals surface area contributed by atoms with E-state index >= 15 is 0 Å². The summed E-state index contributed by atoms with van der Waals surface area (Å²) in [5, 5.41) is 0.298. The van der Waals surface area contributed by atoms with Gasteiger partial charge in [-0.1, -0.05) is 11.6 Å². The Bertz CT molecular complexity index is 617. The lowest BCUT2D eigenvalue weighted by Crippen LogP contribution is -1.95. The SMILES string of the molecule is C#Cc1ncc(-c2ccc(F)cc2Cl)nc1C. The van der Waals surface area contributed by atoms with Gasteiger partial charge in [0.2, 0.25) is 0 Å². The Balaban J connectivity index is 2.54. The summed E-state index contributed by atoms with van der Waals surface area (Å²) < 4.78 is 12.9. The number of nitrogens with zero attached hydrogens (tertiary/aromatic N) is 2. The average molecular weight is 247 g/mol. The molecule has 1 aromatic carbocycles. The fourth-order valence-electron chi connectivity index (χ4n) is 1.45. The van der Waals surface area contributed by atoms with Gasteiger partial charge in [0.15, 0.2) is 0 Å². The summed E-state index contributed by atoms with van der Waals surface area (Å²) in [6.07, 6.45) is 6.79. The number of aryl methyl sites for hydroxylation is 1. The molecule has 0 saturated carbocycles. The van der Waals surface area contributed by atoms with E-state index in [4.69, 9.17) is 18.0 Å². The average Bonchev–Trinajstić information content (AvgIpc) is 2.29. The minimum absolute atomic E-state index is 0.298. The van der Waals surface area contributed by atoms with Crippen molar-refractivity contribution in [2.24, 2.45) is 0 Å². The van der Waals surface area contributed by atoms with Gasteiger partial charge in [-0.25, -0.2) is 14.4 Å². The second kappa shape index (κ2) is 4.52. The van der Waals surface area contributed by atoms with Crippen LogP contribution in [0.15, 0.2) is 24.4 Å². The summed E-state index contributed by atoms with van der Waals surface area (Å²) in [6.45, 7) is 1.77. The Morgan fingerprint density at radius 3 is 2.76 bits per heavy atom. The molecule has 1 heterocycles. The first-order chi connectivity index (χ1) is 8.11. The molecule has 84 valence electrons. The number of halogens is 2. The highest BCUT2D eigenvalue weighted by atomic mass is 35.5. The summed E-state index contributed by atoms with van der Waals surface area (Å²) in [5.41, 5.74) is 2.34. The molecule has 0 fully saturated rings. The van der Waals surface area contributed by atoms with Crippen molar-refractivity contribution in [1.82, 2.24) is 9.97 Å². The maximum Gasteiger partial charge on any atom is 0.134 e. The summed E-state index contributed by atoms with van der Waals surface area (Å²) in [4.78, 5) is 8.38. The fourth-order valence-corrected chi connectivity index (χ4v) is 1.71. The van der Waals surface area contributed by atoms with E-state index in [-0.39, 0.29) is 5.82 Å². The van der Waals surface area contributed by atoms with Crippen molar-refractivity contribution in [3.05, 3.63) is 46.6 Å². The van der Waals surface area contributed by atoms with Crippen LogP contribution in [0.5, 0.6) is 0 Å². The zero-order chi connectivity index (χ0) is 12.4. The Hall–Kier alpha value is -1.92. The van der Waals surface area contributed by atoms with E-state index in [1.807, 2.05) is 0 Å². The molecule has 0 atom stereocenters. The van der Waals surface area contributed by atoms with Crippen LogP contribution in [-0.2, 0) is 0 Å².